The highest BCUT2D eigenvalue weighted by atomic mass is 16.5. The zero-order valence-corrected chi connectivity index (χ0v) is 13.8. The van der Waals surface area contributed by atoms with Crippen molar-refractivity contribution < 1.29 is 9.84 Å². The number of hydrogen-bond donors (Lipinski definition) is 1. The molecule has 22 heavy (non-hydrogen) atoms. The summed E-state index contributed by atoms with van der Waals surface area (Å²) in [5, 5.41) is 10.8. The summed E-state index contributed by atoms with van der Waals surface area (Å²) < 4.78 is 5.66. The van der Waals surface area contributed by atoms with E-state index in [4.69, 9.17) is 9.72 Å². The van der Waals surface area contributed by atoms with Crippen LogP contribution in [0.25, 0.3) is 0 Å². The van der Waals surface area contributed by atoms with Gasteiger partial charge in [-0.05, 0) is 32.3 Å². The van der Waals surface area contributed by atoms with Crippen LogP contribution in [0.3, 0.4) is 0 Å². The van der Waals surface area contributed by atoms with Gasteiger partial charge in [-0.1, -0.05) is 13.8 Å². The van der Waals surface area contributed by atoms with Gasteiger partial charge in [0.2, 0.25) is 0 Å². The van der Waals surface area contributed by atoms with E-state index >= 15 is 0 Å². The topological polar surface area (TPSA) is 58.5 Å². The second kappa shape index (κ2) is 6.13. The van der Waals surface area contributed by atoms with Crippen molar-refractivity contribution >= 4 is 5.82 Å². The molecule has 0 unspecified atom stereocenters. The van der Waals surface area contributed by atoms with Crippen LogP contribution in [0.4, 0.5) is 5.82 Å². The van der Waals surface area contributed by atoms with Crippen LogP contribution in [0, 0.1) is 5.92 Å². The molecule has 2 fully saturated rings. The SMILES string of the molecule is CC(C)c1nccc(N2CCC[C@@H]2[C@H]2COCC[C@@]2(C)O)n1. The molecule has 122 valence electrons. The van der Waals surface area contributed by atoms with E-state index in [0.717, 1.165) is 31.0 Å². The first-order valence-corrected chi connectivity index (χ1v) is 8.39. The molecule has 0 spiro atoms. The smallest absolute Gasteiger partial charge is 0.133 e. The van der Waals surface area contributed by atoms with Gasteiger partial charge in [-0.15, -0.1) is 0 Å². The molecular weight excluding hydrogens is 278 g/mol. The number of ether oxygens (including phenoxy) is 1. The van der Waals surface area contributed by atoms with Gasteiger partial charge in [-0.2, -0.15) is 0 Å². The summed E-state index contributed by atoms with van der Waals surface area (Å²) >= 11 is 0. The molecule has 2 aliphatic heterocycles. The van der Waals surface area contributed by atoms with E-state index in [1.807, 2.05) is 19.2 Å². The molecule has 1 aromatic rings. The zero-order valence-electron chi connectivity index (χ0n) is 13.8. The average Bonchev–Trinajstić information content (AvgIpc) is 2.96. The maximum Gasteiger partial charge on any atom is 0.133 e. The minimum Gasteiger partial charge on any atom is -0.390 e. The van der Waals surface area contributed by atoms with Crippen molar-refractivity contribution in [2.24, 2.45) is 5.92 Å². The predicted octanol–water partition coefficient (Wildman–Crippen LogP) is 2.36. The highest BCUT2D eigenvalue weighted by Crippen LogP contribution is 2.37. The summed E-state index contributed by atoms with van der Waals surface area (Å²) in [5.41, 5.74) is -0.653. The van der Waals surface area contributed by atoms with E-state index in [-0.39, 0.29) is 5.92 Å². The van der Waals surface area contributed by atoms with Crippen LogP contribution in [-0.4, -0.2) is 46.5 Å². The number of anilines is 1. The number of hydrogen-bond acceptors (Lipinski definition) is 5. The van der Waals surface area contributed by atoms with Crippen molar-refractivity contribution in [1.29, 1.82) is 0 Å². The molecule has 0 aliphatic carbocycles. The Kier molecular flexibility index (Phi) is 4.37. The van der Waals surface area contributed by atoms with E-state index in [1.165, 1.54) is 0 Å². The zero-order chi connectivity index (χ0) is 15.7. The molecular formula is C17H27N3O2. The third kappa shape index (κ3) is 2.97. The molecule has 0 saturated carbocycles. The average molecular weight is 305 g/mol. The van der Waals surface area contributed by atoms with Gasteiger partial charge in [0.1, 0.15) is 11.6 Å². The lowest BCUT2D eigenvalue weighted by molar-refractivity contribution is -0.108. The maximum absolute atomic E-state index is 10.8. The van der Waals surface area contributed by atoms with E-state index in [9.17, 15) is 5.11 Å². The van der Waals surface area contributed by atoms with E-state index < -0.39 is 5.60 Å². The molecule has 1 aromatic heterocycles. The second-order valence-electron chi connectivity index (χ2n) is 7.12. The van der Waals surface area contributed by atoms with E-state index in [1.54, 1.807) is 0 Å². The third-order valence-corrected chi connectivity index (χ3v) is 5.08. The monoisotopic (exact) mass is 305 g/mol. The van der Waals surface area contributed by atoms with E-state index in [2.05, 4.69) is 23.7 Å². The van der Waals surface area contributed by atoms with Crippen LogP contribution in [0.2, 0.25) is 0 Å². The summed E-state index contributed by atoms with van der Waals surface area (Å²) in [6.45, 7) is 8.46. The van der Waals surface area contributed by atoms with Gasteiger partial charge < -0.3 is 14.7 Å². The lowest BCUT2D eigenvalue weighted by Gasteiger charge is -2.43. The van der Waals surface area contributed by atoms with Gasteiger partial charge in [0.05, 0.1) is 12.2 Å². The summed E-state index contributed by atoms with van der Waals surface area (Å²) in [6.07, 6.45) is 4.79. The molecule has 2 aliphatic rings. The number of nitrogens with zero attached hydrogens (tertiary/aromatic N) is 3. The van der Waals surface area contributed by atoms with Crippen LogP contribution in [0.15, 0.2) is 12.3 Å². The van der Waals surface area contributed by atoms with Crippen molar-refractivity contribution in [3.05, 3.63) is 18.1 Å². The van der Waals surface area contributed by atoms with Crippen molar-refractivity contribution in [1.82, 2.24) is 9.97 Å². The highest BCUT2D eigenvalue weighted by molar-refractivity contribution is 5.41. The Balaban J connectivity index is 1.85. The molecule has 0 amide bonds. The van der Waals surface area contributed by atoms with Gasteiger partial charge >= 0.3 is 0 Å². The molecule has 0 bridgehead atoms. The maximum atomic E-state index is 10.8. The van der Waals surface area contributed by atoms with Gasteiger partial charge in [0.25, 0.3) is 0 Å². The summed E-state index contributed by atoms with van der Waals surface area (Å²) in [7, 11) is 0. The molecule has 3 atom stereocenters. The van der Waals surface area contributed by atoms with Crippen molar-refractivity contribution in [2.45, 2.75) is 57.6 Å². The van der Waals surface area contributed by atoms with Gasteiger partial charge in [0.15, 0.2) is 0 Å². The second-order valence-corrected chi connectivity index (χ2v) is 7.12. The summed E-state index contributed by atoms with van der Waals surface area (Å²) in [5.74, 6) is 2.33. The van der Waals surface area contributed by atoms with Gasteiger partial charge in [-0.25, -0.2) is 9.97 Å². The molecule has 2 saturated heterocycles. The Labute approximate surface area is 132 Å². The molecule has 3 rings (SSSR count). The van der Waals surface area contributed by atoms with Crippen LogP contribution >= 0.6 is 0 Å². The van der Waals surface area contributed by atoms with Crippen molar-refractivity contribution in [3.63, 3.8) is 0 Å². The van der Waals surface area contributed by atoms with Crippen LogP contribution in [0.5, 0.6) is 0 Å². The number of rotatable bonds is 3. The predicted molar refractivity (Wildman–Crippen MR) is 86.0 cm³/mol. The molecule has 3 heterocycles. The molecule has 1 N–H and O–H groups in total. The minimum absolute atomic E-state index is 0.140. The Morgan fingerprint density at radius 1 is 1.45 bits per heavy atom. The van der Waals surface area contributed by atoms with Gasteiger partial charge in [0, 0.05) is 37.2 Å². The largest absolute Gasteiger partial charge is 0.390 e. The molecule has 5 heteroatoms. The van der Waals surface area contributed by atoms with Crippen LogP contribution in [0.1, 0.15) is 51.8 Å². The number of aromatic nitrogens is 2. The Hall–Kier alpha value is -1.20. The fourth-order valence-corrected chi connectivity index (χ4v) is 3.68. The summed E-state index contributed by atoms with van der Waals surface area (Å²) in [4.78, 5) is 11.5. The van der Waals surface area contributed by atoms with E-state index in [0.29, 0.717) is 31.6 Å². The normalized spacial score (nSPS) is 32.7. The first kappa shape index (κ1) is 15.7. The lowest BCUT2D eigenvalue weighted by Crippen LogP contribution is -2.52. The Morgan fingerprint density at radius 2 is 2.27 bits per heavy atom. The molecule has 0 aromatic carbocycles. The first-order valence-electron chi connectivity index (χ1n) is 8.39. The number of aliphatic hydroxyl groups is 1. The molecule has 0 radical (unpaired) electrons. The van der Waals surface area contributed by atoms with Crippen molar-refractivity contribution in [2.75, 3.05) is 24.7 Å². The van der Waals surface area contributed by atoms with Crippen molar-refractivity contribution in [3.8, 4) is 0 Å². The third-order valence-electron chi connectivity index (χ3n) is 5.08. The molecule has 5 nitrogen and oxygen atoms in total. The Morgan fingerprint density at radius 3 is 3.00 bits per heavy atom. The van der Waals surface area contributed by atoms with Crippen LogP contribution < -0.4 is 4.90 Å². The fraction of sp³-hybridized carbons (Fsp3) is 0.765. The summed E-state index contributed by atoms with van der Waals surface area (Å²) in [6, 6.07) is 2.29. The van der Waals surface area contributed by atoms with Gasteiger partial charge in [-0.3, -0.25) is 0 Å². The highest BCUT2D eigenvalue weighted by Gasteiger charge is 2.44. The Bertz CT molecular complexity index is 518. The lowest BCUT2D eigenvalue weighted by atomic mass is 9.79. The van der Waals surface area contributed by atoms with Crippen LogP contribution in [-0.2, 0) is 4.74 Å². The quantitative estimate of drug-likeness (QED) is 0.929. The minimum atomic E-state index is -0.653. The first-order chi connectivity index (χ1) is 10.5. The fourth-order valence-electron chi connectivity index (χ4n) is 3.68. The standard InChI is InChI=1S/C17H27N3O2/c1-12(2)16-18-8-6-15(19-16)20-9-4-5-14(20)13-11-22-10-7-17(13,3)21/h6,8,12-14,21H,4-5,7,9-11H2,1-3H3/t13-,14-,17-/m1/s1.